The number of pyridine rings is 1. The Bertz CT molecular complexity index is 500. The summed E-state index contributed by atoms with van der Waals surface area (Å²) in [6.07, 6.45) is -9.44. The van der Waals surface area contributed by atoms with Crippen molar-refractivity contribution in [3.63, 3.8) is 0 Å². The van der Waals surface area contributed by atoms with Crippen LogP contribution in [0, 0.1) is 5.82 Å². The fraction of sp³-hybridized carbons (Fsp3) is 0.455. The minimum Gasteiger partial charge on any atom is -0.466 e. The van der Waals surface area contributed by atoms with E-state index in [9.17, 15) is 31.1 Å². The van der Waals surface area contributed by atoms with Crippen LogP contribution in [0.2, 0.25) is 0 Å². The summed E-state index contributed by atoms with van der Waals surface area (Å²) < 4.78 is 80.4. The second kappa shape index (κ2) is 6.10. The minimum absolute atomic E-state index is 0.0701. The zero-order chi connectivity index (χ0) is 15.5. The topological polar surface area (TPSA) is 39.2 Å². The largest absolute Gasteiger partial charge is 0.466 e. The molecule has 0 unspecified atom stereocenters. The highest BCUT2D eigenvalue weighted by atomic mass is 19.4. The first kappa shape index (κ1) is 16.3. The molecule has 0 bridgehead atoms. The van der Waals surface area contributed by atoms with E-state index in [2.05, 4.69) is 9.72 Å². The molecule has 0 atom stereocenters. The maximum absolute atomic E-state index is 13.6. The van der Waals surface area contributed by atoms with Crippen molar-refractivity contribution in [2.75, 3.05) is 6.61 Å². The molecule has 0 saturated heterocycles. The van der Waals surface area contributed by atoms with Crippen LogP contribution < -0.4 is 0 Å². The Labute approximate surface area is 109 Å². The summed E-state index contributed by atoms with van der Waals surface area (Å²) in [4.78, 5) is 13.7. The van der Waals surface area contributed by atoms with Crippen molar-refractivity contribution in [3.8, 4) is 0 Å². The van der Waals surface area contributed by atoms with E-state index in [0.717, 1.165) is 0 Å². The van der Waals surface area contributed by atoms with E-state index in [-0.39, 0.29) is 12.7 Å². The second-order valence-electron chi connectivity index (χ2n) is 3.65. The third-order valence-electron chi connectivity index (χ3n) is 2.20. The molecule has 0 radical (unpaired) electrons. The molecule has 112 valence electrons. The standard InChI is InChI=1S/C11H9F6NO2/c1-2-20-7(19)4-5-3-6(11(15,16)17)18-9(8(5)12)10(13)14/h3,10H,2,4H2,1H3. The molecule has 9 heteroatoms. The number of esters is 1. The first-order chi connectivity index (χ1) is 9.16. The number of aromatic nitrogens is 1. The molecule has 1 aromatic rings. The van der Waals surface area contributed by atoms with Gasteiger partial charge in [-0.1, -0.05) is 0 Å². The fourth-order valence-electron chi connectivity index (χ4n) is 1.39. The van der Waals surface area contributed by atoms with Gasteiger partial charge in [0.2, 0.25) is 0 Å². The maximum atomic E-state index is 13.6. The highest BCUT2D eigenvalue weighted by molar-refractivity contribution is 5.72. The Morgan fingerprint density at radius 1 is 1.40 bits per heavy atom. The molecule has 1 heterocycles. The molecule has 3 nitrogen and oxygen atoms in total. The van der Waals surface area contributed by atoms with Gasteiger partial charge in [-0.3, -0.25) is 4.79 Å². The van der Waals surface area contributed by atoms with Crippen molar-refractivity contribution in [1.29, 1.82) is 0 Å². The van der Waals surface area contributed by atoms with Crippen molar-refractivity contribution in [2.24, 2.45) is 0 Å². The molecule has 0 aliphatic carbocycles. The van der Waals surface area contributed by atoms with E-state index in [1.807, 2.05) is 0 Å². The Hall–Kier alpha value is -1.80. The Balaban J connectivity index is 3.28. The summed E-state index contributed by atoms with van der Waals surface area (Å²) in [6, 6.07) is 0.220. The van der Waals surface area contributed by atoms with Crippen molar-refractivity contribution >= 4 is 5.97 Å². The molecular weight excluding hydrogens is 292 g/mol. The van der Waals surface area contributed by atoms with Gasteiger partial charge in [0.25, 0.3) is 6.43 Å². The quantitative estimate of drug-likeness (QED) is 0.633. The number of carbonyl (C=O) groups is 1. The van der Waals surface area contributed by atoms with E-state index < -0.39 is 47.8 Å². The fourth-order valence-corrected chi connectivity index (χ4v) is 1.39. The van der Waals surface area contributed by atoms with Gasteiger partial charge in [-0.15, -0.1) is 0 Å². The molecule has 0 N–H and O–H groups in total. The van der Waals surface area contributed by atoms with Crippen LogP contribution in [0.1, 0.15) is 30.3 Å². The molecular formula is C11H9F6NO2. The summed E-state index contributed by atoms with van der Waals surface area (Å²) >= 11 is 0. The number of halogens is 6. The molecule has 1 rings (SSSR count). The van der Waals surface area contributed by atoms with Crippen molar-refractivity contribution in [2.45, 2.75) is 25.9 Å². The van der Waals surface area contributed by atoms with Crippen LogP contribution in [0.5, 0.6) is 0 Å². The van der Waals surface area contributed by atoms with E-state index in [1.54, 1.807) is 0 Å². The summed E-state index contributed by atoms with van der Waals surface area (Å²) in [5.74, 6) is -2.66. The average molecular weight is 301 g/mol. The first-order valence-corrected chi connectivity index (χ1v) is 5.37. The van der Waals surface area contributed by atoms with Crippen LogP contribution in [0.3, 0.4) is 0 Å². The lowest BCUT2D eigenvalue weighted by molar-refractivity contribution is -0.143. The zero-order valence-corrected chi connectivity index (χ0v) is 10.1. The van der Waals surface area contributed by atoms with Crippen LogP contribution in [0.4, 0.5) is 26.3 Å². The van der Waals surface area contributed by atoms with E-state index in [1.165, 1.54) is 6.92 Å². The number of hydrogen-bond acceptors (Lipinski definition) is 3. The highest BCUT2D eigenvalue weighted by Gasteiger charge is 2.35. The summed E-state index contributed by atoms with van der Waals surface area (Å²) in [5, 5.41) is 0. The first-order valence-electron chi connectivity index (χ1n) is 5.37. The predicted octanol–water partition coefficient (Wildman–Crippen LogP) is 3.28. The van der Waals surface area contributed by atoms with Crippen LogP contribution in [0.25, 0.3) is 0 Å². The van der Waals surface area contributed by atoms with Gasteiger partial charge in [0.15, 0.2) is 5.82 Å². The lowest BCUT2D eigenvalue weighted by Gasteiger charge is -2.12. The zero-order valence-electron chi connectivity index (χ0n) is 10.1. The van der Waals surface area contributed by atoms with Gasteiger partial charge in [-0.05, 0) is 13.0 Å². The van der Waals surface area contributed by atoms with Gasteiger partial charge < -0.3 is 4.74 Å². The van der Waals surface area contributed by atoms with E-state index >= 15 is 0 Å². The van der Waals surface area contributed by atoms with Gasteiger partial charge >= 0.3 is 12.1 Å². The number of rotatable bonds is 4. The molecule has 20 heavy (non-hydrogen) atoms. The van der Waals surface area contributed by atoms with Gasteiger partial charge in [-0.25, -0.2) is 18.2 Å². The monoisotopic (exact) mass is 301 g/mol. The molecule has 0 fully saturated rings. The maximum Gasteiger partial charge on any atom is 0.433 e. The minimum atomic E-state index is -5.03. The third-order valence-corrected chi connectivity index (χ3v) is 2.20. The van der Waals surface area contributed by atoms with Gasteiger partial charge in [0, 0.05) is 5.56 Å². The number of hydrogen-bond donors (Lipinski definition) is 0. The molecule has 0 amide bonds. The number of carbonyl (C=O) groups excluding carboxylic acids is 1. The van der Waals surface area contributed by atoms with Crippen molar-refractivity contribution in [3.05, 3.63) is 28.8 Å². The number of nitrogens with zero attached hydrogens (tertiary/aromatic N) is 1. The van der Waals surface area contributed by atoms with Gasteiger partial charge in [0.05, 0.1) is 13.0 Å². The molecule has 0 aliphatic rings. The van der Waals surface area contributed by atoms with E-state index in [4.69, 9.17) is 0 Å². The second-order valence-corrected chi connectivity index (χ2v) is 3.65. The average Bonchev–Trinajstić information content (AvgIpc) is 2.30. The van der Waals surface area contributed by atoms with Gasteiger partial charge in [-0.2, -0.15) is 13.2 Å². The van der Waals surface area contributed by atoms with Crippen LogP contribution in [0.15, 0.2) is 6.07 Å². The molecule has 0 aliphatic heterocycles. The third kappa shape index (κ3) is 3.84. The molecule has 0 aromatic carbocycles. The predicted molar refractivity (Wildman–Crippen MR) is 54.5 cm³/mol. The number of ether oxygens (including phenoxy) is 1. The smallest absolute Gasteiger partial charge is 0.433 e. The molecule has 0 saturated carbocycles. The SMILES string of the molecule is CCOC(=O)Cc1cc(C(F)(F)F)nc(C(F)F)c1F. The molecule has 1 aromatic heterocycles. The van der Waals surface area contributed by atoms with Crippen molar-refractivity contribution in [1.82, 2.24) is 4.98 Å². The Morgan fingerprint density at radius 3 is 2.45 bits per heavy atom. The Morgan fingerprint density at radius 2 is 2.00 bits per heavy atom. The van der Waals surface area contributed by atoms with Crippen LogP contribution in [-0.4, -0.2) is 17.6 Å². The lowest BCUT2D eigenvalue weighted by Crippen LogP contribution is -2.16. The normalized spacial score (nSPS) is 11.8. The molecule has 0 spiro atoms. The van der Waals surface area contributed by atoms with Crippen molar-refractivity contribution < 1.29 is 35.9 Å². The summed E-state index contributed by atoms with van der Waals surface area (Å²) in [7, 11) is 0. The van der Waals surface area contributed by atoms with Gasteiger partial charge in [0.1, 0.15) is 11.4 Å². The lowest BCUT2D eigenvalue weighted by atomic mass is 10.1. The summed E-state index contributed by atoms with van der Waals surface area (Å²) in [5.41, 5.74) is -4.16. The highest BCUT2D eigenvalue weighted by Crippen LogP contribution is 2.32. The van der Waals surface area contributed by atoms with Crippen LogP contribution >= 0.6 is 0 Å². The Kier molecular flexibility index (Phi) is 4.96. The van der Waals surface area contributed by atoms with E-state index in [0.29, 0.717) is 0 Å². The van der Waals surface area contributed by atoms with Crippen LogP contribution in [-0.2, 0) is 22.1 Å². The summed E-state index contributed by atoms with van der Waals surface area (Å²) in [6.45, 7) is 1.37. The number of alkyl halides is 5.